The summed E-state index contributed by atoms with van der Waals surface area (Å²) >= 11 is 0. The predicted molar refractivity (Wildman–Crippen MR) is 213 cm³/mol. The van der Waals surface area contributed by atoms with Crippen molar-refractivity contribution in [1.29, 1.82) is 0 Å². The minimum Gasteiger partial charge on any atom is -0.507 e. The molecule has 2 amide bonds. The first-order valence-corrected chi connectivity index (χ1v) is 20.0. The van der Waals surface area contributed by atoms with Gasteiger partial charge in [-0.25, -0.2) is 0 Å². The Balaban J connectivity index is 0.804. The van der Waals surface area contributed by atoms with Crippen molar-refractivity contribution in [2.45, 2.75) is 68.7 Å². The molecular weight excluding hydrogens is 675 g/mol. The third-order valence-electron chi connectivity index (χ3n) is 12.6. The van der Waals surface area contributed by atoms with Crippen LogP contribution in [-0.4, -0.2) is 90.4 Å². The highest BCUT2D eigenvalue weighted by molar-refractivity contribution is 6.00. The first-order valence-electron chi connectivity index (χ1n) is 20.0. The molecule has 0 unspecified atom stereocenters. The maximum Gasteiger partial charge on any atom is 0.234 e. The number of hydrogen-bond donors (Lipinski definition) is 3. The highest BCUT2D eigenvalue weighted by Crippen LogP contribution is 2.38. The molecule has 0 aliphatic carbocycles. The molecular formula is C44H53N7O3. The number of imide groups is 1. The quantitative estimate of drug-likeness (QED) is 0.173. The lowest BCUT2D eigenvalue weighted by Crippen LogP contribution is -2.52. The van der Waals surface area contributed by atoms with Crippen molar-refractivity contribution >= 4 is 23.2 Å². The van der Waals surface area contributed by atoms with Crippen LogP contribution < -0.4 is 20.4 Å². The molecule has 282 valence electrons. The summed E-state index contributed by atoms with van der Waals surface area (Å²) < 4.78 is 0. The van der Waals surface area contributed by atoms with Crippen molar-refractivity contribution in [2.75, 3.05) is 62.2 Å². The van der Waals surface area contributed by atoms with Crippen LogP contribution in [0.15, 0.2) is 91.1 Å². The Morgan fingerprint density at radius 2 is 1.48 bits per heavy atom. The number of aromatic hydroxyl groups is 1. The summed E-state index contributed by atoms with van der Waals surface area (Å²) in [6.45, 7) is 8.49. The van der Waals surface area contributed by atoms with Crippen LogP contribution >= 0.6 is 0 Å². The van der Waals surface area contributed by atoms with E-state index in [1.54, 1.807) is 6.07 Å². The van der Waals surface area contributed by atoms with Crippen molar-refractivity contribution < 1.29 is 14.7 Å². The number of hydrogen-bond acceptors (Lipinski definition) is 9. The molecule has 8 rings (SSSR count). The molecule has 10 heteroatoms. The number of carbonyl (C=O) groups is 2. The molecule has 0 bridgehead atoms. The van der Waals surface area contributed by atoms with Gasteiger partial charge in [-0.3, -0.25) is 14.9 Å². The Morgan fingerprint density at radius 1 is 0.778 bits per heavy atom. The monoisotopic (exact) mass is 727 g/mol. The molecule has 3 N–H and O–H groups in total. The van der Waals surface area contributed by atoms with E-state index >= 15 is 0 Å². The lowest BCUT2D eigenvalue weighted by atomic mass is 9.72. The second-order valence-corrected chi connectivity index (χ2v) is 15.9. The van der Waals surface area contributed by atoms with Crippen LogP contribution in [0.3, 0.4) is 0 Å². The number of nitrogens with one attached hydrogen (secondary N) is 2. The van der Waals surface area contributed by atoms with Crippen LogP contribution in [0, 0.1) is 5.92 Å². The highest BCUT2D eigenvalue weighted by Gasteiger charge is 2.37. The fraction of sp³-hybridized carbons (Fsp3) is 0.455. The second kappa shape index (κ2) is 16.3. The molecule has 5 heterocycles. The zero-order chi connectivity index (χ0) is 36.9. The van der Waals surface area contributed by atoms with Crippen LogP contribution in [0.1, 0.15) is 68.4 Å². The molecule has 0 spiro atoms. The Morgan fingerprint density at radius 3 is 2.20 bits per heavy atom. The molecule has 1 aromatic heterocycles. The predicted octanol–water partition coefficient (Wildman–Crippen LogP) is 5.88. The van der Waals surface area contributed by atoms with Gasteiger partial charge in [0.2, 0.25) is 11.8 Å². The van der Waals surface area contributed by atoms with E-state index in [9.17, 15) is 14.7 Å². The first kappa shape index (κ1) is 36.2. The summed E-state index contributed by atoms with van der Waals surface area (Å²) in [5.74, 6) is 0.380. The summed E-state index contributed by atoms with van der Waals surface area (Å²) in [7, 11) is 0. The zero-order valence-electron chi connectivity index (χ0n) is 31.2. The summed E-state index contributed by atoms with van der Waals surface area (Å²) in [6.07, 6.45) is 9.74. The number of piperidine rings is 4. The van der Waals surface area contributed by atoms with Crippen molar-refractivity contribution in [2.24, 2.45) is 5.92 Å². The molecule has 3 aromatic carbocycles. The summed E-state index contributed by atoms with van der Waals surface area (Å²) in [4.78, 5) is 31.5. The van der Waals surface area contributed by atoms with Crippen molar-refractivity contribution in [3.63, 3.8) is 0 Å². The Kier molecular flexibility index (Phi) is 10.9. The Labute approximate surface area is 319 Å². The van der Waals surface area contributed by atoms with Gasteiger partial charge >= 0.3 is 0 Å². The molecule has 10 nitrogen and oxygen atoms in total. The number of likely N-dealkylation sites (tertiary alicyclic amines) is 1. The van der Waals surface area contributed by atoms with E-state index in [0.29, 0.717) is 30.1 Å². The number of rotatable bonds is 10. The number of carbonyl (C=O) groups excluding carboxylic acids is 2. The van der Waals surface area contributed by atoms with Gasteiger partial charge in [-0.05, 0) is 105 Å². The molecule has 4 fully saturated rings. The van der Waals surface area contributed by atoms with Crippen molar-refractivity contribution in [3.05, 3.63) is 102 Å². The average molecular weight is 728 g/mol. The number of benzene rings is 3. The van der Waals surface area contributed by atoms with E-state index in [2.05, 4.69) is 96.2 Å². The topological polar surface area (TPSA) is 114 Å². The molecule has 0 saturated carbocycles. The van der Waals surface area contributed by atoms with Gasteiger partial charge < -0.3 is 25.1 Å². The second-order valence-electron chi connectivity index (χ2n) is 15.9. The van der Waals surface area contributed by atoms with Gasteiger partial charge in [0.05, 0.1) is 23.5 Å². The van der Waals surface area contributed by atoms with Crippen LogP contribution in [0.2, 0.25) is 0 Å². The van der Waals surface area contributed by atoms with E-state index < -0.39 is 0 Å². The standard InChI is InChI=1S/C44H53N7O3/c52-41-9-5-4-8-39(41)40-28-37(29-46-48-40)51-26-20-44(21-27-51,34-6-2-1-3-7-34)31-45-35-18-22-49(23-19-35)30-32-16-24-50(25-17-32)36-12-10-33(11-13-36)38-14-15-42(53)47-43(38)54/h1-13,28-29,32,35,38,45,52H,14-27,30-31H2,(H,47,53,54)/t38-/m0/s1. The molecule has 4 aromatic rings. The average Bonchev–Trinajstić information content (AvgIpc) is 3.22. The lowest BCUT2D eigenvalue weighted by molar-refractivity contribution is -0.134. The maximum absolute atomic E-state index is 12.3. The van der Waals surface area contributed by atoms with Gasteiger partial charge in [-0.2, -0.15) is 10.2 Å². The normalized spacial score (nSPS) is 21.6. The van der Waals surface area contributed by atoms with Gasteiger partial charge in [0.15, 0.2) is 0 Å². The fourth-order valence-electron chi connectivity index (χ4n) is 9.23. The lowest BCUT2D eigenvalue weighted by Gasteiger charge is -2.44. The summed E-state index contributed by atoms with van der Waals surface area (Å²) in [5.41, 5.74) is 6.18. The molecule has 1 atom stereocenters. The summed E-state index contributed by atoms with van der Waals surface area (Å²) in [6, 6.07) is 29.4. The van der Waals surface area contributed by atoms with E-state index in [0.717, 1.165) is 75.8 Å². The number of phenolic OH excluding ortho intramolecular Hbond substituents is 1. The summed E-state index contributed by atoms with van der Waals surface area (Å²) in [5, 5.41) is 25.6. The fourth-order valence-corrected chi connectivity index (χ4v) is 9.23. The number of nitrogens with zero attached hydrogens (tertiary/aromatic N) is 5. The largest absolute Gasteiger partial charge is 0.507 e. The van der Waals surface area contributed by atoms with Gasteiger partial charge in [0.1, 0.15) is 5.75 Å². The smallest absolute Gasteiger partial charge is 0.234 e. The van der Waals surface area contributed by atoms with Crippen molar-refractivity contribution in [3.8, 4) is 17.0 Å². The number of aromatic nitrogens is 2. The SMILES string of the molecule is O=C1CC[C@@H](c2ccc(N3CCC(CN4CCC(NCC5(c6ccccc6)CCN(c6cnnc(-c7ccccc7O)c6)CC5)CC4)CC3)cc2)C(=O)N1. The van der Waals surface area contributed by atoms with E-state index in [4.69, 9.17) is 0 Å². The first-order chi connectivity index (χ1) is 26.4. The van der Waals surface area contributed by atoms with E-state index in [-0.39, 0.29) is 28.9 Å². The Hall–Kier alpha value is -4.80. The van der Waals surface area contributed by atoms with Crippen LogP contribution in [-0.2, 0) is 15.0 Å². The van der Waals surface area contributed by atoms with Crippen molar-refractivity contribution in [1.82, 2.24) is 25.7 Å². The molecule has 4 saturated heterocycles. The van der Waals surface area contributed by atoms with Crippen LogP contribution in [0.4, 0.5) is 11.4 Å². The highest BCUT2D eigenvalue weighted by atomic mass is 16.3. The number of para-hydroxylation sites is 1. The van der Waals surface area contributed by atoms with E-state index in [1.165, 1.54) is 43.5 Å². The van der Waals surface area contributed by atoms with Crippen LogP contribution in [0.5, 0.6) is 5.75 Å². The van der Waals surface area contributed by atoms with Crippen LogP contribution in [0.25, 0.3) is 11.3 Å². The molecule has 4 aliphatic rings. The van der Waals surface area contributed by atoms with Gasteiger partial charge in [0.25, 0.3) is 0 Å². The maximum atomic E-state index is 12.3. The molecule has 0 radical (unpaired) electrons. The number of amides is 2. The number of phenols is 1. The minimum absolute atomic E-state index is 0.0785. The van der Waals surface area contributed by atoms with E-state index in [1.807, 2.05) is 24.4 Å². The van der Waals surface area contributed by atoms with Gasteiger partial charge in [-0.1, -0.05) is 54.6 Å². The van der Waals surface area contributed by atoms with Gasteiger partial charge in [0, 0.05) is 68.4 Å². The Bertz CT molecular complexity index is 1880. The minimum atomic E-state index is -0.228. The third kappa shape index (κ3) is 8.15. The molecule has 4 aliphatic heterocycles. The zero-order valence-corrected chi connectivity index (χ0v) is 31.2. The van der Waals surface area contributed by atoms with Gasteiger partial charge in [-0.15, -0.1) is 0 Å². The number of anilines is 2. The third-order valence-corrected chi connectivity index (χ3v) is 12.6. The molecule has 54 heavy (non-hydrogen) atoms.